The first-order valence-corrected chi connectivity index (χ1v) is 8.89. The zero-order valence-electron chi connectivity index (χ0n) is 13.9. The average Bonchev–Trinajstić information content (AvgIpc) is 3.15. The van der Waals surface area contributed by atoms with E-state index < -0.39 is 0 Å². The van der Waals surface area contributed by atoms with Crippen LogP contribution in [-0.2, 0) is 4.79 Å². The number of carbonyl (C=O) groups excluding carboxylic acids is 1. The predicted molar refractivity (Wildman–Crippen MR) is 98.0 cm³/mol. The summed E-state index contributed by atoms with van der Waals surface area (Å²) in [7, 11) is 0. The van der Waals surface area contributed by atoms with Gasteiger partial charge in [-0.15, -0.1) is 0 Å². The quantitative estimate of drug-likeness (QED) is 0.875. The Morgan fingerprint density at radius 2 is 1.67 bits per heavy atom. The Labute approximate surface area is 148 Å². The smallest absolute Gasteiger partial charge is 0.244 e. The number of nitrogens with one attached hydrogen (secondary N) is 1. The molecule has 3 rings (SSSR count). The molecule has 0 unspecified atom stereocenters. The molecule has 1 amide bonds. The minimum absolute atomic E-state index is 0.0181. The molecule has 24 heavy (non-hydrogen) atoms. The van der Waals surface area contributed by atoms with Gasteiger partial charge in [0.25, 0.3) is 0 Å². The molecule has 2 aromatic rings. The van der Waals surface area contributed by atoms with Crippen molar-refractivity contribution in [3.8, 4) is 0 Å². The van der Waals surface area contributed by atoms with Gasteiger partial charge in [-0.3, -0.25) is 10.1 Å². The van der Waals surface area contributed by atoms with Gasteiger partial charge in [-0.25, -0.2) is 0 Å². The Hall–Kier alpha value is -1.84. The minimum Gasteiger partial charge on any atom is -0.341 e. The van der Waals surface area contributed by atoms with Crippen LogP contribution in [0.4, 0.5) is 0 Å². The summed E-state index contributed by atoms with van der Waals surface area (Å²) in [6.45, 7) is 3.75. The van der Waals surface area contributed by atoms with E-state index in [-0.39, 0.29) is 18.0 Å². The molecule has 2 aromatic carbocycles. The lowest BCUT2D eigenvalue weighted by Gasteiger charge is -2.27. The highest BCUT2D eigenvalue weighted by molar-refractivity contribution is 6.31. The Morgan fingerprint density at radius 1 is 1.04 bits per heavy atom. The third kappa shape index (κ3) is 3.80. The number of hydrogen-bond donors (Lipinski definition) is 1. The maximum atomic E-state index is 13.0. The van der Waals surface area contributed by atoms with Crippen molar-refractivity contribution in [3.63, 3.8) is 0 Å². The van der Waals surface area contributed by atoms with E-state index in [0.29, 0.717) is 0 Å². The van der Waals surface area contributed by atoms with Crippen molar-refractivity contribution in [2.45, 2.75) is 31.8 Å². The molecule has 3 nitrogen and oxygen atoms in total. The van der Waals surface area contributed by atoms with E-state index >= 15 is 0 Å². The molecule has 0 bridgehead atoms. The van der Waals surface area contributed by atoms with Crippen LogP contribution in [0.1, 0.15) is 43.0 Å². The minimum atomic E-state index is -0.351. The van der Waals surface area contributed by atoms with Gasteiger partial charge in [0.05, 0.1) is 0 Å². The molecular formula is C20H23ClN2O. The molecule has 1 aliphatic rings. The standard InChI is InChI=1S/C20H23ClN2O/c1-15(17-11-5-6-12-18(17)21)22-19(16-9-3-2-4-10-16)20(24)23-13-7-8-14-23/h2-6,9-12,15,19,22H,7-8,13-14H2,1H3/t15-,19-/m0/s1. The zero-order valence-corrected chi connectivity index (χ0v) is 14.7. The van der Waals surface area contributed by atoms with E-state index in [1.807, 2.05) is 59.5 Å². The van der Waals surface area contributed by atoms with Crippen molar-refractivity contribution in [1.29, 1.82) is 0 Å². The fourth-order valence-corrected chi connectivity index (χ4v) is 3.54. The molecule has 4 heteroatoms. The van der Waals surface area contributed by atoms with Crippen LogP contribution in [0.25, 0.3) is 0 Å². The number of likely N-dealkylation sites (tertiary alicyclic amines) is 1. The fourth-order valence-electron chi connectivity index (χ4n) is 3.24. The first-order chi connectivity index (χ1) is 11.7. The number of benzene rings is 2. The monoisotopic (exact) mass is 342 g/mol. The third-order valence-corrected chi connectivity index (χ3v) is 4.93. The molecule has 1 aliphatic heterocycles. The molecule has 0 aliphatic carbocycles. The van der Waals surface area contributed by atoms with Crippen molar-refractivity contribution >= 4 is 17.5 Å². The summed E-state index contributed by atoms with van der Waals surface area (Å²) in [6, 6.07) is 17.3. The van der Waals surface area contributed by atoms with E-state index in [1.54, 1.807) is 0 Å². The Morgan fingerprint density at radius 3 is 2.33 bits per heavy atom. The lowest BCUT2D eigenvalue weighted by molar-refractivity contribution is -0.132. The SMILES string of the molecule is C[C@H](N[C@H](C(=O)N1CCCC1)c1ccccc1)c1ccccc1Cl. The maximum Gasteiger partial charge on any atom is 0.244 e. The molecule has 1 fully saturated rings. The molecule has 0 spiro atoms. The Balaban J connectivity index is 1.84. The molecule has 0 aromatic heterocycles. The van der Waals surface area contributed by atoms with Crippen molar-refractivity contribution in [2.24, 2.45) is 0 Å². The summed E-state index contributed by atoms with van der Waals surface area (Å²) in [4.78, 5) is 15.0. The first kappa shape index (κ1) is 17.0. The normalized spacial score (nSPS) is 16.8. The highest BCUT2D eigenvalue weighted by Gasteiger charge is 2.29. The van der Waals surface area contributed by atoms with Gasteiger partial charge in [0, 0.05) is 24.2 Å². The fraction of sp³-hybridized carbons (Fsp3) is 0.350. The number of hydrogen-bond acceptors (Lipinski definition) is 2. The molecular weight excluding hydrogens is 320 g/mol. The van der Waals surface area contributed by atoms with E-state index in [2.05, 4.69) is 12.2 Å². The molecule has 1 heterocycles. The van der Waals surface area contributed by atoms with E-state index in [1.165, 1.54) is 0 Å². The maximum absolute atomic E-state index is 13.0. The topological polar surface area (TPSA) is 32.3 Å². The van der Waals surface area contributed by atoms with Crippen LogP contribution in [-0.4, -0.2) is 23.9 Å². The summed E-state index contributed by atoms with van der Waals surface area (Å²) in [6.07, 6.45) is 2.18. The molecule has 2 atom stereocenters. The second-order valence-corrected chi connectivity index (χ2v) is 6.69. The van der Waals surface area contributed by atoms with E-state index in [4.69, 9.17) is 11.6 Å². The van der Waals surface area contributed by atoms with Crippen molar-refractivity contribution < 1.29 is 4.79 Å². The second kappa shape index (κ2) is 7.82. The summed E-state index contributed by atoms with van der Waals surface area (Å²) < 4.78 is 0. The average molecular weight is 343 g/mol. The Bertz CT molecular complexity index is 683. The van der Waals surface area contributed by atoms with Crippen LogP contribution >= 0.6 is 11.6 Å². The number of amides is 1. The summed E-state index contributed by atoms with van der Waals surface area (Å²) in [5.41, 5.74) is 2.00. The number of carbonyl (C=O) groups is 1. The summed E-state index contributed by atoms with van der Waals surface area (Å²) >= 11 is 6.32. The van der Waals surface area contributed by atoms with Crippen molar-refractivity contribution in [1.82, 2.24) is 10.2 Å². The predicted octanol–water partition coefficient (Wildman–Crippen LogP) is 4.35. The molecule has 126 valence electrons. The van der Waals surface area contributed by atoms with E-state index in [0.717, 1.165) is 42.1 Å². The number of nitrogens with zero attached hydrogens (tertiary/aromatic N) is 1. The van der Waals surface area contributed by atoms with Crippen molar-refractivity contribution in [3.05, 3.63) is 70.7 Å². The lowest BCUT2D eigenvalue weighted by Crippen LogP contribution is -2.40. The van der Waals surface area contributed by atoms with Crippen LogP contribution in [0.15, 0.2) is 54.6 Å². The van der Waals surface area contributed by atoms with Gasteiger partial charge in [-0.1, -0.05) is 60.1 Å². The van der Waals surface area contributed by atoms with Gasteiger partial charge in [-0.2, -0.15) is 0 Å². The van der Waals surface area contributed by atoms with E-state index in [9.17, 15) is 4.79 Å². The van der Waals surface area contributed by atoms with Gasteiger partial charge in [0.2, 0.25) is 5.91 Å². The number of halogens is 1. The highest BCUT2D eigenvalue weighted by atomic mass is 35.5. The third-order valence-electron chi connectivity index (χ3n) is 4.59. The summed E-state index contributed by atoms with van der Waals surface area (Å²) in [5.74, 6) is 0.151. The zero-order chi connectivity index (χ0) is 16.9. The molecule has 0 saturated carbocycles. The lowest BCUT2D eigenvalue weighted by atomic mass is 10.0. The van der Waals surface area contributed by atoms with Crippen molar-refractivity contribution in [2.75, 3.05) is 13.1 Å². The van der Waals surface area contributed by atoms with Gasteiger partial charge in [0.15, 0.2) is 0 Å². The molecule has 1 saturated heterocycles. The Kier molecular flexibility index (Phi) is 5.54. The first-order valence-electron chi connectivity index (χ1n) is 8.51. The van der Waals surface area contributed by atoms with Gasteiger partial charge < -0.3 is 4.90 Å². The van der Waals surface area contributed by atoms with Crippen LogP contribution in [0.3, 0.4) is 0 Å². The van der Waals surface area contributed by atoms with Gasteiger partial charge in [0.1, 0.15) is 6.04 Å². The largest absolute Gasteiger partial charge is 0.341 e. The van der Waals surface area contributed by atoms with Crippen LogP contribution in [0.5, 0.6) is 0 Å². The summed E-state index contributed by atoms with van der Waals surface area (Å²) in [5, 5.41) is 4.21. The molecule has 0 radical (unpaired) electrons. The second-order valence-electron chi connectivity index (χ2n) is 6.29. The van der Waals surface area contributed by atoms with Gasteiger partial charge in [-0.05, 0) is 37.0 Å². The van der Waals surface area contributed by atoms with Crippen LogP contribution in [0, 0.1) is 0 Å². The number of rotatable bonds is 5. The van der Waals surface area contributed by atoms with Crippen LogP contribution < -0.4 is 5.32 Å². The molecule has 1 N–H and O–H groups in total. The van der Waals surface area contributed by atoms with Gasteiger partial charge >= 0.3 is 0 Å². The highest BCUT2D eigenvalue weighted by Crippen LogP contribution is 2.27. The van der Waals surface area contributed by atoms with Crippen LogP contribution in [0.2, 0.25) is 5.02 Å².